The number of hydrogen-bond donors (Lipinski definition) is 1. The van der Waals surface area contributed by atoms with Crippen molar-refractivity contribution in [2.45, 2.75) is 26.1 Å². The Morgan fingerprint density at radius 1 is 1.02 bits per heavy atom. The fourth-order valence-electron chi connectivity index (χ4n) is 5.82. The second-order valence-corrected chi connectivity index (χ2v) is 11.8. The van der Waals surface area contributed by atoms with Gasteiger partial charge in [0, 0.05) is 32.7 Å². The Balaban J connectivity index is 1.37. The van der Waals surface area contributed by atoms with Crippen molar-refractivity contribution in [2.75, 3.05) is 45.4 Å². The Morgan fingerprint density at radius 3 is 2.21 bits per heavy atom. The summed E-state index contributed by atoms with van der Waals surface area (Å²) < 4.78 is 32.4. The van der Waals surface area contributed by atoms with Crippen LogP contribution in [0.2, 0.25) is 5.02 Å². The first-order valence-electron chi connectivity index (χ1n) is 15.0. The van der Waals surface area contributed by atoms with Crippen molar-refractivity contribution < 1.29 is 33.3 Å². The van der Waals surface area contributed by atoms with Crippen LogP contribution in [-0.4, -0.2) is 83.4 Å². The summed E-state index contributed by atoms with van der Waals surface area (Å²) >= 11 is 6.84. The molecule has 0 unspecified atom stereocenters. The summed E-state index contributed by atoms with van der Waals surface area (Å²) in [6.07, 6.45) is -1.10. The number of benzene rings is 2. The standard InChI is InChI=1S/C34H33ClFN5O6/c1-20-14-26(30-29(35)31-28(32(36)38-30)33(42)41-13-12-39(34(43)44)18-23(41)19-47-31)37-27(15-20)40(16-21-4-8-24(45-2)9-5-21)17-22-6-10-25(46-3)11-7-22/h4-11,14-15,23H,12-13,16-19H2,1-3H3,(H,43,44)/t23-/m1/s1. The molecule has 2 aromatic heterocycles. The molecule has 6 rings (SSSR count). The van der Waals surface area contributed by atoms with Crippen LogP contribution >= 0.6 is 11.6 Å². The molecule has 4 aromatic rings. The molecule has 1 N–H and O–H groups in total. The number of hydrogen-bond acceptors (Lipinski definition) is 8. The Bertz CT molecular complexity index is 1760. The molecule has 11 nitrogen and oxygen atoms in total. The van der Waals surface area contributed by atoms with Crippen molar-refractivity contribution in [2.24, 2.45) is 0 Å². The summed E-state index contributed by atoms with van der Waals surface area (Å²) in [6.45, 7) is 3.06. The Morgan fingerprint density at radius 2 is 1.64 bits per heavy atom. The number of halogens is 2. The van der Waals surface area contributed by atoms with E-state index in [2.05, 4.69) is 9.88 Å². The summed E-state index contributed by atoms with van der Waals surface area (Å²) in [4.78, 5) is 38.8. The highest BCUT2D eigenvalue weighted by atomic mass is 35.5. The maximum Gasteiger partial charge on any atom is 0.407 e. The van der Waals surface area contributed by atoms with E-state index in [0.29, 0.717) is 24.6 Å². The van der Waals surface area contributed by atoms with Gasteiger partial charge >= 0.3 is 6.09 Å². The fourth-order valence-corrected chi connectivity index (χ4v) is 6.11. The van der Waals surface area contributed by atoms with Crippen molar-refractivity contribution in [3.63, 3.8) is 0 Å². The molecule has 47 heavy (non-hydrogen) atoms. The van der Waals surface area contributed by atoms with Crippen LogP contribution in [0, 0.1) is 12.9 Å². The number of carboxylic acid groups (broad SMARTS) is 1. The highest BCUT2D eigenvalue weighted by molar-refractivity contribution is 6.35. The second kappa shape index (κ2) is 13.3. The number of anilines is 1. The van der Waals surface area contributed by atoms with E-state index in [0.717, 1.165) is 28.2 Å². The van der Waals surface area contributed by atoms with Crippen molar-refractivity contribution >= 4 is 29.4 Å². The zero-order valence-electron chi connectivity index (χ0n) is 26.1. The first kappa shape index (κ1) is 31.9. The van der Waals surface area contributed by atoms with Crippen LogP contribution in [0.5, 0.6) is 17.2 Å². The summed E-state index contributed by atoms with van der Waals surface area (Å²) in [7, 11) is 3.23. The maximum absolute atomic E-state index is 15.8. The van der Waals surface area contributed by atoms with E-state index in [-0.39, 0.29) is 48.3 Å². The van der Waals surface area contributed by atoms with Gasteiger partial charge in [0.2, 0.25) is 5.95 Å². The third-order valence-electron chi connectivity index (χ3n) is 8.29. The zero-order valence-corrected chi connectivity index (χ0v) is 26.8. The van der Waals surface area contributed by atoms with Gasteiger partial charge in [0.25, 0.3) is 5.91 Å². The minimum absolute atomic E-state index is 0.0292. The molecule has 244 valence electrons. The van der Waals surface area contributed by atoms with Crippen LogP contribution in [-0.2, 0) is 13.1 Å². The molecule has 4 heterocycles. The van der Waals surface area contributed by atoms with Crippen LogP contribution in [0.1, 0.15) is 27.0 Å². The van der Waals surface area contributed by atoms with Crippen LogP contribution in [0.15, 0.2) is 60.7 Å². The van der Waals surface area contributed by atoms with Gasteiger partial charge in [0.05, 0.1) is 26.0 Å². The molecule has 0 saturated carbocycles. The molecule has 1 fully saturated rings. The van der Waals surface area contributed by atoms with Crippen LogP contribution in [0.4, 0.5) is 15.0 Å². The lowest BCUT2D eigenvalue weighted by molar-refractivity contribution is 0.0388. The lowest BCUT2D eigenvalue weighted by Gasteiger charge is -2.38. The van der Waals surface area contributed by atoms with Gasteiger partial charge in [0.1, 0.15) is 40.2 Å². The van der Waals surface area contributed by atoms with Crippen LogP contribution < -0.4 is 19.1 Å². The number of aromatic nitrogens is 2. The first-order chi connectivity index (χ1) is 22.6. The highest BCUT2D eigenvalue weighted by Crippen LogP contribution is 2.40. The zero-order chi connectivity index (χ0) is 33.2. The van der Waals surface area contributed by atoms with Gasteiger partial charge in [0.15, 0.2) is 5.75 Å². The molecule has 13 heteroatoms. The summed E-state index contributed by atoms with van der Waals surface area (Å²) in [5.74, 6) is 0.274. The SMILES string of the molecule is COc1ccc(CN(Cc2ccc(OC)cc2)c2cc(C)cc(-c3nc(F)c4c(c3Cl)OC[C@H]3CN(C(=O)O)CCN3C4=O)n2)cc1. The van der Waals surface area contributed by atoms with Crippen LogP contribution in [0.25, 0.3) is 11.4 Å². The summed E-state index contributed by atoms with van der Waals surface area (Å²) in [5.41, 5.74) is 2.81. The van der Waals surface area contributed by atoms with Crippen molar-refractivity contribution in [1.82, 2.24) is 19.8 Å². The fraction of sp³-hybridized carbons (Fsp3) is 0.294. The predicted molar refractivity (Wildman–Crippen MR) is 173 cm³/mol. The number of amides is 2. The first-order valence-corrected chi connectivity index (χ1v) is 15.3. The predicted octanol–water partition coefficient (Wildman–Crippen LogP) is 5.67. The lowest BCUT2D eigenvalue weighted by Crippen LogP contribution is -2.57. The maximum atomic E-state index is 15.8. The Hall–Kier alpha value is -5.10. The summed E-state index contributed by atoms with van der Waals surface area (Å²) in [6, 6.07) is 18.6. The van der Waals surface area contributed by atoms with E-state index in [9.17, 15) is 14.7 Å². The molecule has 0 radical (unpaired) electrons. The normalized spacial score (nSPS) is 15.7. The quantitative estimate of drug-likeness (QED) is 0.239. The number of piperazine rings is 1. The van der Waals surface area contributed by atoms with Crippen molar-refractivity contribution in [1.29, 1.82) is 0 Å². The molecule has 1 saturated heterocycles. The average molecular weight is 662 g/mol. The number of pyridine rings is 2. The number of nitrogens with zero attached hydrogens (tertiary/aromatic N) is 5. The molecule has 2 aliphatic rings. The molecule has 2 aliphatic heterocycles. The Labute approximate surface area is 276 Å². The van der Waals surface area contributed by atoms with E-state index >= 15 is 4.39 Å². The van der Waals surface area contributed by atoms with E-state index in [1.165, 1.54) is 9.80 Å². The minimum Gasteiger partial charge on any atom is -0.497 e. The molecule has 1 atom stereocenters. The van der Waals surface area contributed by atoms with Gasteiger partial charge in [-0.1, -0.05) is 35.9 Å². The van der Waals surface area contributed by atoms with Gasteiger partial charge in [-0.15, -0.1) is 0 Å². The molecule has 2 amide bonds. The molecule has 2 aromatic carbocycles. The van der Waals surface area contributed by atoms with E-state index in [4.69, 9.17) is 30.8 Å². The van der Waals surface area contributed by atoms with Crippen LogP contribution in [0.3, 0.4) is 0 Å². The molecular weight excluding hydrogens is 629 g/mol. The van der Waals surface area contributed by atoms with E-state index < -0.39 is 24.0 Å². The van der Waals surface area contributed by atoms with Gasteiger partial charge < -0.3 is 34.0 Å². The summed E-state index contributed by atoms with van der Waals surface area (Å²) in [5, 5.41) is 9.40. The number of fused-ring (bicyclic) bond motifs is 2. The Kier molecular flexibility index (Phi) is 9.04. The molecular formula is C34H33ClFN5O6. The van der Waals surface area contributed by atoms with Gasteiger partial charge in [-0.05, 0) is 60.0 Å². The number of aryl methyl sites for hydroxylation is 1. The monoisotopic (exact) mass is 661 g/mol. The molecule has 0 spiro atoms. The average Bonchev–Trinajstić information content (AvgIpc) is 3.22. The number of rotatable bonds is 8. The number of methoxy groups -OCH3 is 2. The molecule has 0 bridgehead atoms. The van der Waals surface area contributed by atoms with E-state index in [1.54, 1.807) is 20.3 Å². The number of ether oxygens (including phenoxy) is 3. The largest absolute Gasteiger partial charge is 0.497 e. The van der Waals surface area contributed by atoms with Gasteiger partial charge in [-0.25, -0.2) is 14.8 Å². The second-order valence-electron chi connectivity index (χ2n) is 11.4. The van der Waals surface area contributed by atoms with Gasteiger partial charge in [-0.2, -0.15) is 4.39 Å². The van der Waals surface area contributed by atoms with Crippen molar-refractivity contribution in [3.8, 4) is 28.6 Å². The minimum atomic E-state index is -1.10. The molecule has 0 aliphatic carbocycles. The number of carbonyl (C=O) groups excluding carboxylic acids is 1. The smallest absolute Gasteiger partial charge is 0.407 e. The third kappa shape index (κ3) is 6.59. The number of carbonyl (C=O) groups is 2. The van der Waals surface area contributed by atoms with Gasteiger partial charge in [-0.3, -0.25) is 4.79 Å². The topological polar surface area (TPSA) is 118 Å². The van der Waals surface area contributed by atoms with E-state index in [1.807, 2.05) is 61.5 Å². The van der Waals surface area contributed by atoms with Crippen molar-refractivity contribution in [3.05, 3.63) is 93.9 Å². The third-order valence-corrected chi connectivity index (χ3v) is 8.64. The lowest BCUT2D eigenvalue weighted by atomic mass is 10.1. The highest BCUT2D eigenvalue weighted by Gasteiger charge is 2.40.